The molecular formula is C19H21BrN2O3. The number of hydrogen-bond donors (Lipinski definition) is 2. The van der Waals surface area contributed by atoms with E-state index in [1.165, 1.54) is 5.56 Å². The molecule has 0 aromatic heterocycles. The van der Waals surface area contributed by atoms with Gasteiger partial charge in [0.15, 0.2) is 6.61 Å². The smallest absolute Gasteiger partial charge is 0.340 e. The number of nitrogens with two attached hydrogens (primary N) is 1. The molecule has 0 saturated carbocycles. The minimum absolute atomic E-state index is 0.0117. The van der Waals surface area contributed by atoms with E-state index in [0.717, 1.165) is 12.8 Å². The SMILES string of the molecule is C[C@H](CCc1ccccc1)NC(=O)COC(=O)c1cc(Br)ccc1N. The summed E-state index contributed by atoms with van der Waals surface area (Å²) in [4.78, 5) is 23.9. The Bertz CT molecular complexity index is 735. The van der Waals surface area contributed by atoms with Gasteiger partial charge in [-0.05, 0) is 43.5 Å². The summed E-state index contributed by atoms with van der Waals surface area (Å²) < 4.78 is 5.75. The van der Waals surface area contributed by atoms with E-state index < -0.39 is 5.97 Å². The number of benzene rings is 2. The summed E-state index contributed by atoms with van der Waals surface area (Å²) in [6, 6.07) is 15.0. The average molecular weight is 405 g/mol. The second-order valence-electron chi connectivity index (χ2n) is 5.80. The predicted molar refractivity (Wildman–Crippen MR) is 101 cm³/mol. The Morgan fingerprint density at radius 3 is 2.64 bits per heavy atom. The van der Waals surface area contributed by atoms with E-state index in [9.17, 15) is 9.59 Å². The fraction of sp³-hybridized carbons (Fsp3) is 0.263. The molecule has 132 valence electrons. The van der Waals surface area contributed by atoms with Gasteiger partial charge in [-0.1, -0.05) is 46.3 Å². The largest absolute Gasteiger partial charge is 0.452 e. The highest BCUT2D eigenvalue weighted by molar-refractivity contribution is 9.10. The second-order valence-corrected chi connectivity index (χ2v) is 6.72. The van der Waals surface area contributed by atoms with Crippen molar-refractivity contribution in [3.8, 4) is 0 Å². The molecule has 0 fully saturated rings. The monoisotopic (exact) mass is 404 g/mol. The van der Waals surface area contributed by atoms with Crippen molar-refractivity contribution in [3.63, 3.8) is 0 Å². The fourth-order valence-corrected chi connectivity index (χ4v) is 2.69. The number of halogens is 1. The number of aryl methyl sites for hydroxylation is 1. The van der Waals surface area contributed by atoms with Crippen LogP contribution in [0.3, 0.4) is 0 Å². The van der Waals surface area contributed by atoms with Crippen molar-refractivity contribution < 1.29 is 14.3 Å². The van der Waals surface area contributed by atoms with Crippen LogP contribution < -0.4 is 11.1 Å². The van der Waals surface area contributed by atoms with E-state index in [0.29, 0.717) is 10.2 Å². The molecule has 2 aromatic carbocycles. The molecule has 0 aliphatic carbocycles. The number of carbonyl (C=O) groups excluding carboxylic acids is 2. The summed E-state index contributed by atoms with van der Waals surface area (Å²) in [7, 11) is 0. The van der Waals surface area contributed by atoms with Gasteiger partial charge >= 0.3 is 5.97 Å². The molecule has 25 heavy (non-hydrogen) atoms. The molecule has 0 aliphatic rings. The summed E-state index contributed by atoms with van der Waals surface area (Å²) in [6.07, 6.45) is 1.68. The van der Waals surface area contributed by atoms with Crippen LogP contribution >= 0.6 is 15.9 Å². The number of anilines is 1. The molecule has 2 aromatic rings. The summed E-state index contributed by atoms with van der Waals surface area (Å²) in [5.41, 5.74) is 7.52. The lowest BCUT2D eigenvalue weighted by molar-refractivity contribution is -0.124. The maximum Gasteiger partial charge on any atom is 0.340 e. The average Bonchev–Trinajstić information content (AvgIpc) is 2.61. The minimum Gasteiger partial charge on any atom is -0.452 e. The number of amides is 1. The molecule has 3 N–H and O–H groups in total. The van der Waals surface area contributed by atoms with Crippen LogP contribution in [0.2, 0.25) is 0 Å². The summed E-state index contributed by atoms with van der Waals surface area (Å²) in [6.45, 7) is 1.59. The van der Waals surface area contributed by atoms with Crippen molar-refractivity contribution in [2.75, 3.05) is 12.3 Å². The Morgan fingerprint density at radius 2 is 1.92 bits per heavy atom. The van der Waals surface area contributed by atoms with Crippen molar-refractivity contribution in [3.05, 3.63) is 64.1 Å². The van der Waals surface area contributed by atoms with Crippen molar-refractivity contribution in [1.82, 2.24) is 5.32 Å². The van der Waals surface area contributed by atoms with Gasteiger partial charge in [0.2, 0.25) is 0 Å². The Hall–Kier alpha value is -2.34. The molecule has 6 heteroatoms. The number of carbonyl (C=O) groups is 2. The summed E-state index contributed by atoms with van der Waals surface area (Å²) in [5, 5.41) is 2.83. The fourth-order valence-electron chi connectivity index (χ4n) is 2.33. The number of esters is 1. The second kappa shape index (κ2) is 9.22. The minimum atomic E-state index is -0.620. The van der Waals surface area contributed by atoms with E-state index in [2.05, 4.69) is 33.4 Å². The van der Waals surface area contributed by atoms with Gasteiger partial charge in [0, 0.05) is 16.2 Å². The van der Waals surface area contributed by atoms with Crippen LogP contribution in [0, 0.1) is 0 Å². The lowest BCUT2D eigenvalue weighted by Gasteiger charge is -2.14. The highest BCUT2D eigenvalue weighted by Gasteiger charge is 2.15. The summed E-state index contributed by atoms with van der Waals surface area (Å²) >= 11 is 3.27. The predicted octanol–water partition coefficient (Wildman–Crippen LogP) is 3.33. The van der Waals surface area contributed by atoms with Crippen LogP contribution in [0.5, 0.6) is 0 Å². The molecule has 0 saturated heterocycles. The first-order valence-corrected chi connectivity index (χ1v) is 8.80. The van der Waals surface area contributed by atoms with Gasteiger partial charge in [-0.2, -0.15) is 0 Å². The first-order valence-electron chi connectivity index (χ1n) is 8.01. The quantitative estimate of drug-likeness (QED) is 0.547. The number of rotatable bonds is 7. The normalized spacial score (nSPS) is 11.6. The standard InChI is InChI=1S/C19H21BrN2O3/c1-13(7-8-14-5-3-2-4-6-14)22-18(23)12-25-19(24)16-11-15(20)9-10-17(16)21/h2-6,9-11,13H,7-8,12,21H2,1H3,(H,22,23)/t13-/m1/s1. The molecule has 0 heterocycles. The third kappa shape index (κ3) is 6.23. The molecule has 2 rings (SSSR count). The van der Waals surface area contributed by atoms with Gasteiger partial charge in [-0.3, -0.25) is 4.79 Å². The molecule has 1 atom stereocenters. The highest BCUT2D eigenvalue weighted by atomic mass is 79.9. The van der Waals surface area contributed by atoms with Gasteiger partial charge in [0.05, 0.1) is 5.56 Å². The molecule has 5 nitrogen and oxygen atoms in total. The molecule has 0 unspecified atom stereocenters. The Labute approximate surface area is 155 Å². The molecule has 0 bridgehead atoms. The molecule has 0 aliphatic heterocycles. The Kier molecular flexibility index (Phi) is 7.01. The van der Waals surface area contributed by atoms with E-state index >= 15 is 0 Å². The van der Waals surface area contributed by atoms with Gasteiger partial charge in [0.25, 0.3) is 5.91 Å². The van der Waals surface area contributed by atoms with Crippen molar-refractivity contribution in [2.24, 2.45) is 0 Å². The third-order valence-electron chi connectivity index (χ3n) is 3.69. The lowest BCUT2D eigenvalue weighted by atomic mass is 10.1. The zero-order valence-corrected chi connectivity index (χ0v) is 15.6. The van der Waals surface area contributed by atoms with Crippen LogP contribution in [0.4, 0.5) is 5.69 Å². The van der Waals surface area contributed by atoms with Crippen molar-refractivity contribution >= 4 is 33.5 Å². The maximum absolute atomic E-state index is 12.0. The molecule has 1 amide bonds. The van der Waals surface area contributed by atoms with Crippen LogP contribution in [-0.4, -0.2) is 24.5 Å². The number of nitrogens with one attached hydrogen (secondary N) is 1. The lowest BCUT2D eigenvalue weighted by Crippen LogP contribution is -2.36. The Balaban J connectivity index is 1.76. The van der Waals surface area contributed by atoms with Crippen molar-refractivity contribution in [2.45, 2.75) is 25.8 Å². The Morgan fingerprint density at radius 1 is 1.20 bits per heavy atom. The molecule has 0 spiro atoms. The molecule has 0 radical (unpaired) electrons. The highest BCUT2D eigenvalue weighted by Crippen LogP contribution is 2.19. The van der Waals surface area contributed by atoms with Crippen LogP contribution in [0.25, 0.3) is 0 Å². The van der Waals surface area contributed by atoms with Crippen LogP contribution in [-0.2, 0) is 16.0 Å². The first kappa shape index (κ1) is 19.0. The van der Waals surface area contributed by atoms with E-state index in [-0.39, 0.29) is 24.1 Å². The van der Waals surface area contributed by atoms with Gasteiger partial charge < -0.3 is 15.8 Å². The van der Waals surface area contributed by atoms with Gasteiger partial charge in [-0.15, -0.1) is 0 Å². The van der Waals surface area contributed by atoms with E-state index in [1.807, 2.05) is 25.1 Å². The number of nitrogen functional groups attached to an aromatic ring is 1. The first-order chi connectivity index (χ1) is 12.0. The van der Waals surface area contributed by atoms with Crippen LogP contribution in [0.15, 0.2) is 53.0 Å². The summed E-state index contributed by atoms with van der Waals surface area (Å²) in [5.74, 6) is -0.951. The molecular weight excluding hydrogens is 384 g/mol. The third-order valence-corrected chi connectivity index (χ3v) is 4.18. The van der Waals surface area contributed by atoms with E-state index in [4.69, 9.17) is 10.5 Å². The van der Waals surface area contributed by atoms with Crippen molar-refractivity contribution in [1.29, 1.82) is 0 Å². The van der Waals surface area contributed by atoms with Gasteiger partial charge in [0.1, 0.15) is 0 Å². The zero-order valence-electron chi connectivity index (χ0n) is 14.0. The zero-order chi connectivity index (χ0) is 18.2. The number of hydrogen-bond acceptors (Lipinski definition) is 4. The topological polar surface area (TPSA) is 81.4 Å². The van der Waals surface area contributed by atoms with E-state index in [1.54, 1.807) is 18.2 Å². The maximum atomic E-state index is 12.0. The number of ether oxygens (including phenoxy) is 1. The van der Waals surface area contributed by atoms with Crippen LogP contribution in [0.1, 0.15) is 29.3 Å². The van der Waals surface area contributed by atoms with Gasteiger partial charge in [-0.25, -0.2) is 4.79 Å².